The Morgan fingerprint density at radius 2 is 1.73 bits per heavy atom. The molecule has 1 atom stereocenters. The molecule has 0 spiro atoms. The molecule has 0 unspecified atom stereocenters. The number of rotatable bonds is 5. The van der Waals surface area contributed by atoms with Gasteiger partial charge in [0.2, 0.25) is 10.0 Å². The predicted octanol–water partition coefficient (Wildman–Crippen LogP) is 3.07. The van der Waals surface area contributed by atoms with E-state index in [-0.39, 0.29) is 25.0 Å². The van der Waals surface area contributed by atoms with Gasteiger partial charge in [-0.05, 0) is 29.5 Å². The van der Waals surface area contributed by atoms with Gasteiger partial charge in [-0.3, -0.25) is 4.79 Å². The molecule has 0 saturated carbocycles. The van der Waals surface area contributed by atoms with Gasteiger partial charge >= 0.3 is 5.97 Å². The van der Waals surface area contributed by atoms with Crippen LogP contribution >= 0.6 is 0 Å². The Hall–Kier alpha value is -2.18. The molecule has 1 aliphatic rings. The minimum absolute atomic E-state index is 0.198. The zero-order chi connectivity index (χ0) is 18.6. The van der Waals surface area contributed by atoms with Crippen LogP contribution in [0.3, 0.4) is 0 Å². The Morgan fingerprint density at radius 3 is 2.38 bits per heavy atom. The molecule has 0 aromatic heterocycles. The van der Waals surface area contributed by atoms with Crippen molar-refractivity contribution < 1.29 is 17.9 Å². The molecular weight excluding hydrogens is 350 g/mol. The maximum absolute atomic E-state index is 12.3. The number of hydrogen-bond acceptors (Lipinski definition) is 4. The van der Waals surface area contributed by atoms with Gasteiger partial charge in [0, 0.05) is 13.1 Å². The Kier molecular flexibility index (Phi) is 5.74. The summed E-state index contributed by atoms with van der Waals surface area (Å²) in [5.74, 6) is -0.715. The van der Waals surface area contributed by atoms with Crippen LogP contribution in [0, 0.1) is 5.92 Å². The van der Waals surface area contributed by atoms with E-state index >= 15 is 0 Å². The first-order valence-electron chi connectivity index (χ1n) is 8.69. The fraction of sp³-hybridized carbons (Fsp3) is 0.350. The SMILES string of the molecule is CS(=O)(=O)N1CCC[C@@H](C(=O)OCc2ccc(-c3ccccc3)cc2)C1. The van der Waals surface area contributed by atoms with E-state index in [9.17, 15) is 13.2 Å². The van der Waals surface area contributed by atoms with Crippen molar-refractivity contribution in [2.24, 2.45) is 5.92 Å². The lowest BCUT2D eigenvalue weighted by molar-refractivity contribution is -0.151. The third kappa shape index (κ3) is 4.71. The van der Waals surface area contributed by atoms with Crippen molar-refractivity contribution in [3.05, 3.63) is 60.2 Å². The Labute approximate surface area is 154 Å². The molecule has 26 heavy (non-hydrogen) atoms. The number of carbonyl (C=O) groups excluding carboxylic acids is 1. The molecular formula is C20H23NO4S. The zero-order valence-electron chi connectivity index (χ0n) is 14.8. The first-order chi connectivity index (χ1) is 12.4. The van der Waals surface area contributed by atoms with E-state index < -0.39 is 10.0 Å². The summed E-state index contributed by atoms with van der Waals surface area (Å²) in [6.45, 7) is 0.886. The van der Waals surface area contributed by atoms with Gasteiger partial charge in [-0.1, -0.05) is 54.6 Å². The molecule has 1 fully saturated rings. The summed E-state index contributed by atoms with van der Waals surface area (Å²) < 4.78 is 30.1. The van der Waals surface area contributed by atoms with E-state index in [1.165, 1.54) is 10.6 Å². The number of carbonyl (C=O) groups is 1. The maximum Gasteiger partial charge on any atom is 0.310 e. The lowest BCUT2D eigenvalue weighted by atomic mass is 10.00. The highest BCUT2D eigenvalue weighted by atomic mass is 32.2. The predicted molar refractivity (Wildman–Crippen MR) is 101 cm³/mol. The summed E-state index contributed by atoms with van der Waals surface area (Å²) in [5.41, 5.74) is 3.16. The largest absolute Gasteiger partial charge is 0.461 e. The molecule has 138 valence electrons. The Bertz CT molecular complexity index is 847. The number of piperidine rings is 1. The van der Waals surface area contributed by atoms with Crippen LogP contribution in [0.15, 0.2) is 54.6 Å². The van der Waals surface area contributed by atoms with Crippen molar-refractivity contribution >= 4 is 16.0 Å². The number of hydrogen-bond donors (Lipinski definition) is 0. The van der Waals surface area contributed by atoms with Gasteiger partial charge in [0.1, 0.15) is 6.61 Å². The zero-order valence-corrected chi connectivity index (χ0v) is 15.6. The normalized spacial score (nSPS) is 18.4. The third-order valence-electron chi connectivity index (χ3n) is 4.63. The highest BCUT2D eigenvalue weighted by Gasteiger charge is 2.31. The minimum atomic E-state index is -3.27. The molecule has 0 radical (unpaired) electrons. The minimum Gasteiger partial charge on any atom is -0.461 e. The second kappa shape index (κ2) is 8.01. The first kappa shape index (κ1) is 18.6. The number of sulfonamides is 1. The van der Waals surface area contributed by atoms with E-state index in [1.54, 1.807) is 0 Å². The second-order valence-corrected chi connectivity index (χ2v) is 8.61. The van der Waals surface area contributed by atoms with E-state index in [0.717, 1.165) is 16.7 Å². The van der Waals surface area contributed by atoms with Crippen LogP contribution in [-0.4, -0.2) is 38.0 Å². The van der Waals surface area contributed by atoms with Crippen molar-refractivity contribution in [2.75, 3.05) is 19.3 Å². The Balaban J connectivity index is 1.56. The van der Waals surface area contributed by atoms with Crippen LogP contribution in [0.5, 0.6) is 0 Å². The fourth-order valence-electron chi connectivity index (χ4n) is 3.13. The van der Waals surface area contributed by atoms with Crippen LogP contribution < -0.4 is 0 Å². The summed E-state index contributed by atoms with van der Waals surface area (Å²) in [6, 6.07) is 18.0. The summed E-state index contributed by atoms with van der Waals surface area (Å²) in [5, 5.41) is 0. The van der Waals surface area contributed by atoms with E-state index in [1.807, 2.05) is 54.6 Å². The number of nitrogens with zero attached hydrogens (tertiary/aromatic N) is 1. The average Bonchev–Trinajstić information content (AvgIpc) is 2.66. The molecule has 0 bridgehead atoms. The first-order valence-corrected chi connectivity index (χ1v) is 10.5. The van der Waals surface area contributed by atoms with Gasteiger partial charge in [0.05, 0.1) is 12.2 Å². The van der Waals surface area contributed by atoms with Gasteiger partial charge in [-0.15, -0.1) is 0 Å². The lowest BCUT2D eigenvalue weighted by Gasteiger charge is -2.29. The molecule has 1 heterocycles. The molecule has 0 N–H and O–H groups in total. The highest BCUT2D eigenvalue weighted by molar-refractivity contribution is 7.88. The molecule has 1 aliphatic heterocycles. The lowest BCUT2D eigenvalue weighted by Crippen LogP contribution is -2.42. The van der Waals surface area contributed by atoms with Crippen LogP contribution in [0.25, 0.3) is 11.1 Å². The highest BCUT2D eigenvalue weighted by Crippen LogP contribution is 2.22. The van der Waals surface area contributed by atoms with Gasteiger partial charge in [0.15, 0.2) is 0 Å². The molecule has 3 rings (SSSR count). The maximum atomic E-state index is 12.3. The van der Waals surface area contributed by atoms with Crippen molar-refractivity contribution in [2.45, 2.75) is 19.4 Å². The third-order valence-corrected chi connectivity index (χ3v) is 5.90. The molecule has 0 aliphatic carbocycles. The summed E-state index contributed by atoms with van der Waals surface area (Å²) in [4.78, 5) is 12.3. The van der Waals surface area contributed by atoms with Crippen molar-refractivity contribution in [3.8, 4) is 11.1 Å². The molecule has 1 saturated heterocycles. The molecule has 0 amide bonds. The van der Waals surface area contributed by atoms with Crippen molar-refractivity contribution in [3.63, 3.8) is 0 Å². The summed E-state index contributed by atoms with van der Waals surface area (Å²) in [7, 11) is -3.27. The quantitative estimate of drug-likeness (QED) is 0.756. The van der Waals surface area contributed by atoms with Gasteiger partial charge in [-0.25, -0.2) is 12.7 Å². The van der Waals surface area contributed by atoms with Crippen molar-refractivity contribution in [1.29, 1.82) is 0 Å². The van der Waals surface area contributed by atoms with Crippen LogP contribution in [0.1, 0.15) is 18.4 Å². The summed E-state index contributed by atoms with van der Waals surface area (Å²) in [6.07, 6.45) is 2.52. The van der Waals surface area contributed by atoms with Crippen LogP contribution in [-0.2, 0) is 26.2 Å². The van der Waals surface area contributed by atoms with Gasteiger partial charge in [-0.2, -0.15) is 0 Å². The smallest absolute Gasteiger partial charge is 0.310 e. The number of ether oxygens (including phenoxy) is 1. The van der Waals surface area contributed by atoms with E-state index in [4.69, 9.17) is 4.74 Å². The van der Waals surface area contributed by atoms with Crippen molar-refractivity contribution in [1.82, 2.24) is 4.31 Å². The number of esters is 1. The Morgan fingerprint density at radius 1 is 1.08 bits per heavy atom. The van der Waals surface area contributed by atoms with Crippen LogP contribution in [0.4, 0.5) is 0 Å². The molecule has 6 heteroatoms. The van der Waals surface area contributed by atoms with E-state index in [0.29, 0.717) is 19.4 Å². The standard InChI is InChI=1S/C20H23NO4S/c1-26(23,24)21-13-5-8-19(14-21)20(22)25-15-16-9-11-18(12-10-16)17-6-3-2-4-7-17/h2-4,6-7,9-12,19H,5,8,13-15H2,1H3/t19-/m1/s1. The summed E-state index contributed by atoms with van der Waals surface area (Å²) >= 11 is 0. The van der Waals surface area contributed by atoms with Gasteiger partial charge in [0.25, 0.3) is 0 Å². The topological polar surface area (TPSA) is 63.7 Å². The fourth-order valence-corrected chi connectivity index (χ4v) is 4.04. The molecule has 5 nitrogen and oxygen atoms in total. The second-order valence-electron chi connectivity index (χ2n) is 6.63. The van der Waals surface area contributed by atoms with Crippen LogP contribution in [0.2, 0.25) is 0 Å². The number of benzene rings is 2. The molecule has 2 aromatic rings. The van der Waals surface area contributed by atoms with E-state index in [2.05, 4.69) is 0 Å². The molecule has 2 aromatic carbocycles. The van der Waals surface area contributed by atoms with Gasteiger partial charge < -0.3 is 4.74 Å². The monoisotopic (exact) mass is 373 g/mol. The average molecular weight is 373 g/mol.